The smallest absolute Gasteiger partial charge is 0.246 e. The molecule has 6 heteroatoms. The second kappa shape index (κ2) is 10.6. The van der Waals surface area contributed by atoms with Gasteiger partial charge >= 0.3 is 0 Å². The normalized spacial score (nSPS) is 16.1. The van der Waals surface area contributed by atoms with Crippen molar-refractivity contribution in [3.63, 3.8) is 0 Å². The van der Waals surface area contributed by atoms with Gasteiger partial charge in [0.2, 0.25) is 5.91 Å². The summed E-state index contributed by atoms with van der Waals surface area (Å²) in [6.07, 6.45) is 1.51. The zero-order chi connectivity index (χ0) is 23.1. The van der Waals surface area contributed by atoms with Crippen LogP contribution in [0.5, 0.6) is 5.75 Å². The second-order valence-corrected chi connectivity index (χ2v) is 8.35. The topological polar surface area (TPSA) is 59.6 Å². The summed E-state index contributed by atoms with van der Waals surface area (Å²) in [7, 11) is 1.60. The monoisotopic (exact) mass is 448 g/mol. The second-order valence-electron chi connectivity index (χ2n) is 8.35. The number of carbonyl (C=O) groups is 1. The number of benzene rings is 3. The van der Waals surface area contributed by atoms with Gasteiger partial charge in [-0.3, -0.25) is 4.79 Å². The molecule has 33 heavy (non-hydrogen) atoms. The van der Waals surface area contributed by atoms with E-state index < -0.39 is 6.04 Å². The van der Waals surface area contributed by atoms with Gasteiger partial charge < -0.3 is 20.1 Å². The van der Waals surface area contributed by atoms with Gasteiger partial charge in [-0.15, -0.1) is 0 Å². The third-order valence-electron chi connectivity index (χ3n) is 6.28. The van der Waals surface area contributed by atoms with Gasteiger partial charge in [0.15, 0.2) is 0 Å². The Hall–Kier alpha value is -3.22. The Morgan fingerprint density at radius 2 is 1.76 bits per heavy atom. The molecule has 0 aromatic heterocycles. The van der Waals surface area contributed by atoms with Gasteiger partial charge in [-0.2, -0.15) is 0 Å². The van der Waals surface area contributed by atoms with Crippen molar-refractivity contribution in [2.45, 2.75) is 24.3 Å². The van der Waals surface area contributed by atoms with Gasteiger partial charge in [-0.05, 0) is 60.4 Å². The van der Waals surface area contributed by atoms with E-state index >= 15 is 0 Å². The minimum atomic E-state index is -0.568. The van der Waals surface area contributed by atoms with Crippen LogP contribution in [0.1, 0.15) is 30.0 Å². The summed E-state index contributed by atoms with van der Waals surface area (Å²) in [6.45, 7) is 1.73. The molecule has 1 heterocycles. The van der Waals surface area contributed by atoms with Crippen molar-refractivity contribution in [2.75, 3.05) is 32.2 Å². The van der Waals surface area contributed by atoms with Crippen LogP contribution in [-0.2, 0) is 14.9 Å². The van der Waals surface area contributed by atoms with Crippen LogP contribution in [0, 0.1) is 5.82 Å². The largest absolute Gasteiger partial charge is 0.497 e. The van der Waals surface area contributed by atoms with E-state index in [2.05, 4.69) is 10.6 Å². The molecule has 3 aromatic carbocycles. The molecule has 1 fully saturated rings. The molecule has 0 spiro atoms. The maximum absolute atomic E-state index is 14.1. The summed E-state index contributed by atoms with van der Waals surface area (Å²) >= 11 is 0. The number of amides is 1. The Morgan fingerprint density at radius 1 is 1.03 bits per heavy atom. The van der Waals surface area contributed by atoms with Gasteiger partial charge in [0.25, 0.3) is 0 Å². The first-order valence-electron chi connectivity index (χ1n) is 11.2. The first kappa shape index (κ1) is 23.0. The van der Waals surface area contributed by atoms with Crippen LogP contribution in [0.15, 0.2) is 78.9 Å². The van der Waals surface area contributed by atoms with E-state index in [4.69, 9.17) is 9.47 Å². The Kier molecular flexibility index (Phi) is 7.37. The fourth-order valence-electron chi connectivity index (χ4n) is 4.34. The predicted octanol–water partition coefficient (Wildman–Crippen LogP) is 4.85. The summed E-state index contributed by atoms with van der Waals surface area (Å²) < 4.78 is 24.9. The van der Waals surface area contributed by atoms with Crippen LogP contribution in [0.25, 0.3) is 0 Å². The molecule has 0 aliphatic carbocycles. The molecule has 172 valence electrons. The first-order valence-corrected chi connectivity index (χ1v) is 11.2. The molecule has 1 saturated heterocycles. The first-order chi connectivity index (χ1) is 16.1. The van der Waals surface area contributed by atoms with Crippen molar-refractivity contribution >= 4 is 11.6 Å². The quantitative estimate of drug-likeness (QED) is 0.517. The van der Waals surface area contributed by atoms with Crippen molar-refractivity contribution in [1.82, 2.24) is 5.32 Å². The lowest BCUT2D eigenvalue weighted by molar-refractivity contribution is -0.118. The highest BCUT2D eigenvalue weighted by molar-refractivity contribution is 5.95. The fraction of sp³-hybridized carbons (Fsp3) is 0.296. The van der Waals surface area contributed by atoms with Gasteiger partial charge in [0.05, 0.1) is 7.11 Å². The number of halogens is 1. The van der Waals surface area contributed by atoms with Crippen molar-refractivity contribution in [3.8, 4) is 5.75 Å². The molecule has 1 aliphatic rings. The summed E-state index contributed by atoms with van der Waals surface area (Å²) in [6, 6.07) is 23.1. The number of nitrogens with one attached hydrogen (secondary N) is 2. The molecule has 1 aliphatic heterocycles. The molecular formula is C27H29FN2O3. The van der Waals surface area contributed by atoms with Gasteiger partial charge in [-0.25, -0.2) is 4.39 Å². The zero-order valence-corrected chi connectivity index (χ0v) is 18.7. The van der Waals surface area contributed by atoms with E-state index in [9.17, 15) is 9.18 Å². The third-order valence-corrected chi connectivity index (χ3v) is 6.28. The molecule has 3 aromatic rings. The minimum absolute atomic E-state index is 0.159. The van der Waals surface area contributed by atoms with E-state index in [1.807, 2.05) is 60.7 Å². The Labute approximate surface area is 193 Å². The molecule has 1 unspecified atom stereocenters. The molecule has 0 bridgehead atoms. The number of rotatable bonds is 8. The highest BCUT2D eigenvalue weighted by Gasteiger charge is 2.36. The zero-order valence-electron chi connectivity index (χ0n) is 18.7. The van der Waals surface area contributed by atoms with Crippen LogP contribution in [0.2, 0.25) is 0 Å². The predicted molar refractivity (Wildman–Crippen MR) is 127 cm³/mol. The summed E-state index contributed by atoms with van der Waals surface area (Å²) in [5, 5.41) is 6.49. The highest BCUT2D eigenvalue weighted by atomic mass is 19.1. The lowest BCUT2D eigenvalue weighted by Crippen LogP contribution is -2.46. The SMILES string of the molecule is COc1ccc(NC(=O)C(NCC2(c3cccc(F)c3)CCOCC2)c2ccccc2)cc1. The van der Waals surface area contributed by atoms with Crippen LogP contribution in [0.4, 0.5) is 10.1 Å². The van der Waals surface area contributed by atoms with Crippen molar-refractivity contribution in [3.05, 3.63) is 95.8 Å². The number of ether oxygens (including phenoxy) is 2. The summed E-state index contributed by atoms with van der Waals surface area (Å²) in [4.78, 5) is 13.3. The average molecular weight is 449 g/mol. The number of carbonyl (C=O) groups excluding carboxylic acids is 1. The Bertz CT molecular complexity index is 1050. The van der Waals surface area contributed by atoms with Gasteiger partial charge in [0, 0.05) is 30.9 Å². The summed E-state index contributed by atoms with van der Waals surface area (Å²) in [5.74, 6) is 0.310. The molecular weight excluding hydrogens is 419 g/mol. The molecule has 5 nitrogen and oxygen atoms in total. The maximum Gasteiger partial charge on any atom is 0.246 e. The fourth-order valence-corrected chi connectivity index (χ4v) is 4.34. The standard InChI is InChI=1S/C27H29FN2O3/c1-32-24-12-10-23(11-13-24)30-26(31)25(20-6-3-2-4-7-20)29-19-27(14-16-33-17-15-27)21-8-5-9-22(28)18-21/h2-13,18,25,29H,14-17,19H2,1H3,(H,30,31). The van der Waals surface area contributed by atoms with E-state index in [1.54, 1.807) is 19.2 Å². The lowest BCUT2D eigenvalue weighted by atomic mass is 9.74. The molecule has 4 rings (SSSR count). The molecule has 2 N–H and O–H groups in total. The number of hydrogen-bond acceptors (Lipinski definition) is 4. The molecule has 0 radical (unpaired) electrons. The number of methoxy groups -OCH3 is 1. The Balaban J connectivity index is 1.57. The van der Waals surface area contributed by atoms with Crippen LogP contribution in [-0.4, -0.2) is 32.8 Å². The van der Waals surface area contributed by atoms with Crippen LogP contribution < -0.4 is 15.4 Å². The average Bonchev–Trinajstić information content (AvgIpc) is 2.86. The maximum atomic E-state index is 14.1. The minimum Gasteiger partial charge on any atom is -0.497 e. The third kappa shape index (κ3) is 5.59. The van der Waals surface area contributed by atoms with Crippen molar-refractivity contribution < 1.29 is 18.7 Å². The molecule has 1 amide bonds. The van der Waals surface area contributed by atoms with E-state index in [0.29, 0.717) is 25.4 Å². The Morgan fingerprint density at radius 3 is 2.42 bits per heavy atom. The van der Waals surface area contributed by atoms with E-state index in [1.165, 1.54) is 6.07 Å². The van der Waals surface area contributed by atoms with Crippen LogP contribution >= 0.6 is 0 Å². The number of anilines is 1. The van der Waals surface area contributed by atoms with Gasteiger partial charge in [0.1, 0.15) is 17.6 Å². The van der Waals surface area contributed by atoms with Crippen molar-refractivity contribution in [2.24, 2.45) is 0 Å². The van der Waals surface area contributed by atoms with Crippen molar-refractivity contribution in [1.29, 1.82) is 0 Å². The number of hydrogen-bond donors (Lipinski definition) is 2. The highest BCUT2D eigenvalue weighted by Crippen LogP contribution is 2.35. The molecule has 0 saturated carbocycles. The molecule has 1 atom stereocenters. The van der Waals surface area contributed by atoms with Crippen LogP contribution in [0.3, 0.4) is 0 Å². The van der Waals surface area contributed by atoms with E-state index in [-0.39, 0.29) is 17.1 Å². The summed E-state index contributed by atoms with van der Waals surface area (Å²) in [5.41, 5.74) is 2.17. The van der Waals surface area contributed by atoms with E-state index in [0.717, 1.165) is 29.7 Å². The lowest BCUT2D eigenvalue weighted by Gasteiger charge is -2.39. The van der Waals surface area contributed by atoms with Gasteiger partial charge in [-0.1, -0.05) is 42.5 Å².